The second-order valence-electron chi connectivity index (χ2n) is 3.49. The second kappa shape index (κ2) is 6.51. The molecule has 0 fully saturated rings. The lowest BCUT2D eigenvalue weighted by molar-refractivity contribution is -0.143. The summed E-state index contributed by atoms with van der Waals surface area (Å²) in [6.07, 6.45) is 0.311. The molecule has 0 spiro atoms. The van der Waals surface area contributed by atoms with Crippen molar-refractivity contribution in [3.05, 3.63) is 34.9 Å². The van der Waals surface area contributed by atoms with Gasteiger partial charge in [0.25, 0.3) is 0 Å². The maximum atomic E-state index is 11.3. The molecule has 0 radical (unpaired) electrons. The summed E-state index contributed by atoms with van der Waals surface area (Å²) in [5.41, 5.74) is 6.66. The van der Waals surface area contributed by atoms with Crippen LogP contribution in [0.2, 0.25) is 5.02 Å². The lowest BCUT2D eigenvalue weighted by atomic mass is 9.96. The van der Waals surface area contributed by atoms with Crippen LogP contribution in [0.5, 0.6) is 0 Å². The highest BCUT2D eigenvalue weighted by Crippen LogP contribution is 2.21. The third-order valence-corrected chi connectivity index (χ3v) is 2.60. The molecule has 4 heteroatoms. The minimum absolute atomic E-state index is 0.00341. The molecule has 0 saturated carbocycles. The molecule has 88 valence electrons. The van der Waals surface area contributed by atoms with Crippen molar-refractivity contribution in [3.8, 4) is 0 Å². The van der Waals surface area contributed by atoms with E-state index in [1.807, 2.05) is 12.1 Å². The minimum atomic E-state index is -0.215. The van der Waals surface area contributed by atoms with Gasteiger partial charge in [0.05, 0.1) is 13.0 Å². The monoisotopic (exact) mass is 241 g/mol. The molecule has 0 amide bonds. The molecule has 1 aromatic rings. The molecule has 0 aromatic heterocycles. The number of nitrogens with two attached hydrogens (primary N) is 1. The van der Waals surface area contributed by atoms with Crippen LogP contribution in [0.25, 0.3) is 0 Å². The Morgan fingerprint density at radius 1 is 1.44 bits per heavy atom. The largest absolute Gasteiger partial charge is 0.466 e. The van der Waals surface area contributed by atoms with E-state index < -0.39 is 0 Å². The number of rotatable bonds is 5. The van der Waals surface area contributed by atoms with Crippen LogP contribution in [0.3, 0.4) is 0 Å². The van der Waals surface area contributed by atoms with Crippen molar-refractivity contribution in [3.63, 3.8) is 0 Å². The number of halogens is 1. The van der Waals surface area contributed by atoms with Crippen LogP contribution in [-0.2, 0) is 9.53 Å². The Labute approximate surface area is 101 Å². The first-order valence-corrected chi connectivity index (χ1v) is 5.66. The summed E-state index contributed by atoms with van der Waals surface area (Å²) in [6, 6.07) is 7.37. The molecule has 0 aliphatic carbocycles. The first kappa shape index (κ1) is 13.0. The number of hydrogen-bond donors (Lipinski definition) is 1. The summed E-state index contributed by atoms with van der Waals surface area (Å²) >= 11 is 5.79. The summed E-state index contributed by atoms with van der Waals surface area (Å²) < 4.78 is 4.90. The van der Waals surface area contributed by atoms with Crippen molar-refractivity contribution in [2.45, 2.75) is 19.3 Å². The third-order valence-electron chi connectivity index (χ3n) is 2.34. The van der Waals surface area contributed by atoms with Gasteiger partial charge in [-0.15, -0.1) is 0 Å². The van der Waals surface area contributed by atoms with Gasteiger partial charge in [-0.2, -0.15) is 0 Å². The molecule has 0 aliphatic heterocycles. The zero-order valence-electron chi connectivity index (χ0n) is 9.28. The van der Waals surface area contributed by atoms with Gasteiger partial charge in [0.1, 0.15) is 0 Å². The average Bonchev–Trinajstić information content (AvgIpc) is 2.27. The van der Waals surface area contributed by atoms with E-state index in [0.29, 0.717) is 24.6 Å². The zero-order chi connectivity index (χ0) is 12.0. The van der Waals surface area contributed by atoms with Crippen LogP contribution in [0.1, 0.15) is 24.8 Å². The van der Waals surface area contributed by atoms with E-state index in [0.717, 1.165) is 5.56 Å². The molecule has 0 saturated heterocycles. The fourth-order valence-corrected chi connectivity index (χ4v) is 1.62. The Morgan fingerprint density at radius 3 is 2.56 bits per heavy atom. The second-order valence-corrected chi connectivity index (χ2v) is 3.93. The molecule has 1 rings (SSSR count). The zero-order valence-corrected chi connectivity index (χ0v) is 10.0. The quantitative estimate of drug-likeness (QED) is 0.805. The van der Waals surface area contributed by atoms with Gasteiger partial charge in [-0.25, -0.2) is 0 Å². The highest BCUT2D eigenvalue weighted by atomic mass is 35.5. The molecule has 0 aliphatic rings. The number of carbonyl (C=O) groups excluding carboxylic acids is 1. The minimum Gasteiger partial charge on any atom is -0.466 e. The van der Waals surface area contributed by atoms with Crippen LogP contribution < -0.4 is 5.73 Å². The van der Waals surface area contributed by atoms with Crippen LogP contribution in [0, 0.1) is 0 Å². The average molecular weight is 242 g/mol. The van der Waals surface area contributed by atoms with Crippen molar-refractivity contribution in [1.29, 1.82) is 0 Å². The first-order valence-electron chi connectivity index (χ1n) is 5.28. The summed E-state index contributed by atoms with van der Waals surface area (Å²) in [4.78, 5) is 11.3. The van der Waals surface area contributed by atoms with Gasteiger partial charge < -0.3 is 10.5 Å². The lowest BCUT2D eigenvalue weighted by Crippen LogP contribution is -2.18. The van der Waals surface area contributed by atoms with E-state index in [2.05, 4.69) is 0 Å². The fraction of sp³-hybridized carbons (Fsp3) is 0.417. The van der Waals surface area contributed by atoms with Crippen LogP contribution in [-0.4, -0.2) is 19.1 Å². The predicted octanol–water partition coefficient (Wildman–Crippen LogP) is 2.34. The smallest absolute Gasteiger partial charge is 0.306 e. The summed E-state index contributed by atoms with van der Waals surface area (Å²) in [5.74, 6) is -0.218. The Hall–Kier alpha value is -1.06. The molecule has 2 N–H and O–H groups in total. The molecule has 3 nitrogen and oxygen atoms in total. The van der Waals surface area contributed by atoms with Gasteiger partial charge in [-0.1, -0.05) is 23.7 Å². The molecular formula is C12H16ClNO2. The summed E-state index contributed by atoms with van der Waals surface area (Å²) in [7, 11) is 0. The SMILES string of the molecule is CCOC(=O)CC(CN)c1ccc(Cl)cc1. The Bertz CT molecular complexity index is 337. The van der Waals surface area contributed by atoms with Crippen LogP contribution in [0.4, 0.5) is 0 Å². The first-order chi connectivity index (χ1) is 7.67. The molecule has 1 aromatic carbocycles. The molecule has 1 atom stereocenters. The van der Waals surface area contributed by atoms with Crippen molar-refractivity contribution in [2.24, 2.45) is 5.73 Å². The van der Waals surface area contributed by atoms with E-state index in [-0.39, 0.29) is 11.9 Å². The van der Waals surface area contributed by atoms with Gasteiger partial charge in [0, 0.05) is 10.9 Å². The van der Waals surface area contributed by atoms with Gasteiger partial charge in [-0.05, 0) is 31.2 Å². The van der Waals surface area contributed by atoms with Crippen LogP contribution >= 0.6 is 11.6 Å². The molecule has 1 unspecified atom stereocenters. The van der Waals surface area contributed by atoms with Crippen LogP contribution in [0.15, 0.2) is 24.3 Å². The topological polar surface area (TPSA) is 52.3 Å². The Morgan fingerprint density at radius 2 is 2.06 bits per heavy atom. The maximum absolute atomic E-state index is 11.3. The Balaban J connectivity index is 2.67. The van der Waals surface area contributed by atoms with Crippen molar-refractivity contribution < 1.29 is 9.53 Å². The Kier molecular flexibility index (Phi) is 5.29. The lowest BCUT2D eigenvalue weighted by Gasteiger charge is -2.14. The van der Waals surface area contributed by atoms with E-state index in [9.17, 15) is 4.79 Å². The van der Waals surface area contributed by atoms with E-state index >= 15 is 0 Å². The standard InChI is InChI=1S/C12H16ClNO2/c1-2-16-12(15)7-10(8-14)9-3-5-11(13)6-4-9/h3-6,10H,2,7-8,14H2,1H3. The molecule has 0 heterocycles. The van der Waals surface area contributed by atoms with Gasteiger partial charge >= 0.3 is 5.97 Å². The maximum Gasteiger partial charge on any atom is 0.306 e. The van der Waals surface area contributed by atoms with E-state index in [1.54, 1.807) is 19.1 Å². The molecular weight excluding hydrogens is 226 g/mol. The van der Waals surface area contributed by atoms with Crippen molar-refractivity contribution in [2.75, 3.05) is 13.2 Å². The third kappa shape index (κ3) is 3.83. The number of benzene rings is 1. The number of ether oxygens (including phenoxy) is 1. The van der Waals surface area contributed by atoms with Gasteiger partial charge in [-0.3, -0.25) is 4.79 Å². The highest BCUT2D eigenvalue weighted by Gasteiger charge is 2.15. The van der Waals surface area contributed by atoms with Gasteiger partial charge in [0.15, 0.2) is 0 Å². The van der Waals surface area contributed by atoms with Gasteiger partial charge in [0.2, 0.25) is 0 Å². The number of carbonyl (C=O) groups is 1. The van der Waals surface area contributed by atoms with Crippen molar-refractivity contribution >= 4 is 17.6 Å². The number of esters is 1. The molecule has 0 bridgehead atoms. The summed E-state index contributed by atoms with van der Waals surface area (Å²) in [6.45, 7) is 2.61. The van der Waals surface area contributed by atoms with E-state index in [1.165, 1.54) is 0 Å². The summed E-state index contributed by atoms with van der Waals surface area (Å²) in [5, 5.41) is 0.677. The number of hydrogen-bond acceptors (Lipinski definition) is 3. The fourth-order valence-electron chi connectivity index (χ4n) is 1.49. The van der Waals surface area contributed by atoms with Crippen molar-refractivity contribution in [1.82, 2.24) is 0 Å². The molecule has 16 heavy (non-hydrogen) atoms. The van der Waals surface area contributed by atoms with E-state index in [4.69, 9.17) is 22.1 Å². The normalized spacial score (nSPS) is 12.2. The highest BCUT2D eigenvalue weighted by molar-refractivity contribution is 6.30. The predicted molar refractivity (Wildman–Crippen MR) is 64.5 cm³/mol.